The second-order valence-electron chi connectivity index (χ2n) is 5.57. The van der Waals surface area contributed by atoms with Gasteiger partial charge in [0, 0.05) is 19.7 Å². The predicted octanol–water partition coefficient (Wildman–Crippen LogP) is 3.18. The third-order valence-electron chi connectivity index (χ3n) is 3.89. The van der Waals surface area contributed by atoms with E-state index in [4.69, 9.17) is 4.74 Å². The molecule has 0 unspecified atom stereocenters. The summed E-state index contributed by atoms with van der Waals surface area (Å²) in [6, 6.07) is 6.49. The first-order valence-electron chi connectivity index (χ1n) is 7.83. The largest absolute Gasteiger partial charge is 0.378 e. The lowest BCUT2D eigenvalue weighted by molar-refractivity contribution is -0.130. The monoisotopic (exact) mass is 293 g/mol. The van der Waals surface area contributed by atoms with E-state index in [2.05, 4.69) is 6.92 Å². The van der Waals surface area contributed by atoms with Crippen molar-refractivity contribution in [2.75, 3.05) is 19.7 Å². The number of carbonyl (C=O) groups is 1. The maximum absolute atomic E-state index is 13.6. The van der Waals surface area contributed by atoms with Crippen molar-refractivity contribution in [1.29, 1.82) is 0 Å². The molecule has 0 N–H and O–H groups in total. The molecule has 1 aromatic rings. The molecule has 1 fully saturated rings. The Morgan fingerprint density at radius 2 is 2.14 bits per heavy atom. The molecule has 4 heteroatoms. The van der Waals surface area contributed by atoms with Crippen molar-refractivity contribution in [3.8, 4) is 0 Å². The van der Waals surface area contributed by atoms with Gasteiger partial charge in [-0.15, -0.1) is 0 Å². The molecule has 1 aliphatic heterocycles. The fourth-order valence-electron chi connectivity index (χ4n) is 2.68. The van der Waals surface area contributed by atoms with Gasteiger partial charge in [-0.3, -0.25) is 4.79 Å². The molecule has 1 aliphatic rings. The second-order valence-corrected chi connectivity index (χ2v) is 5.57. The fourth-order valence-corrected chi connectivity index (χ4v) is 2.68. The summed E-state index contributed by atoms with van der Waals surface area (Å²) in [5.74, 6) is -0.291. The van der Waals surface area contributed by atoms with Gasteiger partial charge in [0.05, 0.1) is 12.5 Å². The van der Waals surface area contributed by atoms with E-state index < -0.39 is 0 Å². The first kappa shape index (κ1) is 16.0. The number of ether oxygens (including phenoxy) is 1. The van der Waals surface area contributed by atoms with Crippen molar-refractivity contribution in [3.63, 3.8) is 0 Å². The molecule has 0 spiro atoms. The normalized spacial score (nSPS) is 19.3. The molecule has 1 amide bonds. The zero-order valence-electron chi connectivity index (χ0n) is 12.7. The summed E-state index contributed by atoms with van der Waals surface area (Å²) in [7, 11) is 0. The number of nitrogens with zero attached hydrogens (tertiary/aromatic N) is 1. The van der Waals surface area contributed by atoms with Crippen LogP contribution in [0, 0.1) is 5.82 Å². The Morgan fingerprint density at radius 1 is 1.33 bits per heavy atom. The van der Waals surface area contributed by atoms with Gasteiger partial charge in [0.15, 0.2) is 0 Å². The van der Waals surface area contributed by atoms with E-state index in [0.29, 0.717) is 12.1 Å². The highest BCUT2D eigenvalue weighted by Crippen LogP contribution is 2.16. The highest BCUT2D eigenvalue weighted by atomic mass is 19.1. The molecule has 21 heavy (non-hydrogen) atoms. The van der Waals surface area contributed by atoms with Gasteiger partial charge in [0.2, 0.25) is 5.91 Å². The van der Waals surface area contributed by atoms with Crippen LogP contribution in [0.25, 0.3) is 0 Å². The SMILES string of the molecule is CCCO[C@@H]1CCCN(C(=O)Cc2ccccc2F)CC1. The van der Waals surface area contributed by atoms with Crippen molar-refractivity contribution in [2.24, 2.45) is 0 Å². The minimum atomic E-state index is -0.301. The van der Waals surface area contributed by atoms with Crippen molar-refractivity contribution in [3.05, 3.63) is 35.6 Å². The number of likely N-dealkylation sites (tertiary alicyclic amines) is 1. The molecular weight excluding hydrogens is 269 g/mol. The number of rotatable bonds is 5. The maximum atomic E-state index is 13.6. The van der Waals surface area contributed by atoms with Crippen LogP contribution >= 0.6 is 0 Å². The number of amides is 1. The average molecular weight is 293 g/mol. The molecule has 0 radical (unpaired) electrons. The minimum Gasteiger partial charge on any atom is -0.378 e. The Morgan fingerprint density at radius 3 is 2.90 bits per heavy atom. The lowest BCUT2D eigenvalue weighted by Crippen LogP contribution is -2.33. The van der Waals surface area contributed by atoms with Crippen LogP contribution in [0.2, 0.25) is 0 Å². The van der Waals surface area contributed by atoms with Gasteiger partial charge in [-0.2, -0.15) is 0 Å². The van der Waals surface area contributed by atoms with Crippen LogP contribution in [-0.4, -0.2) is 36.6 Å². The lowest BCUT2D eigenvalue weighted by atomic mass is 10.1. The van der Waals surface area contributed by atoms with E-state index in [1.807, 2.05) is 4.90 Å². The van der Waals surface area contributed by atoms with Gasteiger partial charge in [-0.05, 0) is 37.3 Å². The van der Waals surface area contributed by atoms with E-state index in [1.54, 1.807) is 18.2 Å². The number of hydrogen-bond donors (Lipinski definition) is 0. The summed E-state index contributed by atoms with van der Waals surface area (Å²) in [6.07, 6.45) is 4.26. The topological polar surface area (TPSA) is 29.5 Å². The van der Waals surface area contributed by atoms with Crippen LogP contribution in [-0.2, 0) is 16.0 Å². The summed E-state index contributed by atoms with van der Waals surface area (Å²) in [6.45, 7) is 4.34. The summed E-state index contributed by atoms with van der Waals surface area (Å²) in [5, 5.41) is 0. The van der Waals surface area contributed by atoms with Crippen molar-refractivity contribution in [2.45, 2.75) is 45.1 Å². The van der Waals surface area contributed by atoms with Crippen LogP contribution in [0.4, 0.5) is 4.39 Å². The van der Waals surface area contributed by atoms with E-state index >= 15 is 0 Å². The number of benzene rings is 1. The number of halogens is 1. The minimum absolute atomic E-state index is 0.0104. The van der Waals surface area contributed by atoms with Crippen molar-refractivity contribution < 1.29 is 13.9 Å². The van der Waals surface area contributed by atoms with E-state index in [9.17, 15) is 9.18 Å². The Kier molecular flexibility index (Phi) is 6.18. The van der Waals surface area contributed by atoms with E-state index in [0.717, 1.165) is 38.8 Å². The van der Waals surface area contributed by atoms with Crippen LogP contribution < -0.4 is 0 Å². The lowest BCUT2D eigenvalue weighted by Gasteiger charge is -2.21. The Balaban J connectivity index is 1.87. The Hall–Kier alpha value is -1.42. The zero-order valence-corrected chi connectivity index (χ0v) is 12.7. The molecular formula is C17H24FNO2. The highest BCUT2D eigenvalue weighted by Gasteiger charge is 2.21. The molecule has 2 rings (SSSR count). The third-order valence-corrected chi connectivity index (χ3v) is 3.89. The molecule has 116 valence electrons. The molecule has 1 heterocycles. The smallest absolute Gasteiger partial charge is 0.227 e. The predicted molar refractivity (Wildman–Crippen MR) is 80.6 cm³/mol. The molecule has 1 saturated heterocycles. The van der Waals surface area contributed by atoms with Crippen LogP contribution in [0.5, 0.6) is 0 Å². The third kappa shape index (κ3) is 4.81. The van der Waals surface area contributed by atoms with E-state index in [1.165, 1.54) is 6.07 Å². The maximum Gasteiger partial charge on any atom is 0.227 e. The van der Waals surface area contributed by atoms with Crippen molar-refractivity contribution >= 4 is 5.91 Å². The van der Waals surface area contributed by atoms with Gasteiger partial charge < -0.3 is 9.64 Å². The van der Waals surface area contributed by atoms with Crippen LogP contribution in [0.15, 0.2) is 24.3 Å². The molecule has 0 saturated carbocycles. The molecule has 1 atom stereocenters. The second kappa shape index (κ2) is 8.13. The summed E-state index contributed by atoms with van der Waals surface area (Å²) >= 11 is 0. The van der Waals surface area contributed by atoms with Gasteiger partial charge in [0.1, 0.15) is 5.82 Å². The molecule has 1 aromatic carbocycles. The number of hydrogen-bond acceptors (Lipinski definition) is 2. The molecule has 0 aromatic heterocycles. The Bertz CT molecular complexity index is 464. The molecule has 3 nitrogen and oxygen atoms in total. The molecule has 0 aliphatic carbocycles. The first-order valence-corrected chi connectivity index (χ1v) is 7.83. The van der Waals surface area contributed by atoms with Crippen LogP contribution in [0.3, 0.4) is 0 Å². The molecule has 0 bridgehead atoms. The quantitative estimate of drug-likeness (QED) is 0.834. The number of carbonyl (C=O) groups excluding carboxylic acids is 1. The van der Waals surface area contributed by atoms with Crippen molar-refractivity contribution in [1.82, 2.24) is 4.90 Å². The standard InChI is InChI=1S/C17H24FNO2/c1-2-12-21-15-7-5-10-19(11-9-15)17(20)13-14-6-3-4-8-16(14)18/h3-4,6,8,15H,2,5,7,9-13H2,1H3/t15-/m1/s1. The summed E-state index contributed by atoms with van der Waals surface area (Å²) < 4.78 is 19.4. The van der Waals surface area contributed by atoms with Gasteiger partial charge in [-0.25, -0.2) is 4.39 Å². The van der Waals surface area contributed by atoms with Gasteiger partial charge in [0.25, 0.3) is 0 Å². The first-order chi connectivity index (χ1) is 10.2. The highest BCUT2D eigenvalue weighted by molar-refractivity contribution is 5.78. The summed E-state index contributed by atoms with van der Waals surface area (Å²) in [5.41, 5.74) is 0.477. The zero-order chi connectivity index (χ0) is 15.1. The average Bonchev–Trinajstić information content (AvgIpc) is 2.73. The Labute approximate surface area is 126 Å². The van der Waals surface area contributed by atoms with Gasteiger partial charge >= 0.3 is 0 Å². The summed E-state index contributed by atoms with van der Waals surface area (Å²) in [4.78, 5) is 14.2. The van der Waals surface area contributed by atoms with E-state index in [-0.39, 0.29) is 24.2 Å². The van der Waals surface area contributed by atoms with Gasteiger partial charge in [-0.1, -0.05) is 25.1 Å². The van der Waals surface area contributed by atoms with Crippen LogP contribution in [0.1, 0.15) is 38.2 Å². The fraction of sp³-hybridized carbons (Fsp3) is 0.588.